The van der Waals surface area contributed by atoms with E-state index in [0.29, 0.717) is 33.6 Å². The molecule has 0 fully saturated rings. The Morgan fingerprint density at radius 1 is 1.00 bits per heavy atom. The van der Waals surface area contributed by atoms with Crippen LogP contribution in [0.2, 0.25) is 5.02 Å². The largest absolute Gasteiger partial charge is 0.505 e. The molecule has 0 amide bonds. The molecule has 0 aliphatic heterocycles. The van der Waals surface area contributed by atoms with E-state index in [2.05, 4.69) is 37.9 Å². The van der Waals surface area contributed by atoms with Gasteiger partial charge in [0.1, 0.15) is 17.2 Å². The number of ether oxygens (including phenoxy) is 1. The molecule has 0 radical (unpaired) electrons. The molecule has 0 unspecified atom stereocenters. The lowest BCUT2D eigenvalue weighted by Gasteiger charge is -2.10. The van der Waals surface area contributed by atoms with Gasteiger partial charge < -0.3 is 9.84 Å². The van der Waals surface area contributed by atoms with Gasteiger partial charge in [0.25, 0.3) is 0 Å². The number of rotatable bonds is 4. The smallest absolute Gasteiger partial charge is 0.166 e. The maximum atomic E-state index is 13.7. The summed E-state index contributed by atoms with van der Waals surface area (Å²) in [4.78, 5) is 4.69. The standard InChI is InChI=1S/C23H13ClFIN4O2/c24-16-7-5-14(11-18(16)26)32-23-3-1-2-19-15(23)6-8-20(27-19)21-12-30(29-28-21)13-4-9-22(31)17(25)10-13/h1-12,31H. The third kappa shape index (κ3) is 3.98. The predicted octanol–water partition coefficient (Wildman–Crippen LogP) is 6.38. The molecule has 9 heteroatoms. The molecular weight excluding hydrogens is 546 g/mol. The molecular formula is C23H13ClFIN4O2. The Morgan fingerprint density at radius 3 is 2.69 bits per heavy atom. The Morgan fingerprint density at radius 2 is 1.88 bits per heavy atom. The van der Waals surface area contributed by atoms with Gasteiger partial charge in [0.05, 0.1) is 28.1 Å². The van der Waals surface area contributed by atoms with E-state index in [1.165, 1.54) is 16.8 Å². The van der Waals surface area contributed by atoms with Crippen LogP contribution < -0.4 is 4.74 Å². The van der Waals surface area contributed by atoms with Crippen molar-refractivity contribution in [2.45, 2.75) is 0 Å². The molecule has 0 saturated heterocycles. The SMILES string of the molecule is Oc1ccc(-n2cc(-c3ccc4c(Oc5ccc(Cl)c(I)c5)cccc4n3)nn2)cc1F. The van der Waals surface area contributed by atoms with Crippen molar-refractivity contribution in [1.29, 1.82) is 0 Å². The first-order valence-electron chi connectivity index (χ1n) is 9.42. The summed E-state index contributed by atoms with van der Waals surface area (Å²) < 4.78 is 22.1. The van der Waals surface area contributed by atoms with Gasteiger partial charge in [-0.1, -0.05) is 22.9 Å². The number of phenolic OH excluding ortho intramolecular Hbond substituents is 1. The van der Waals surface area contributed by atoms with Crippen LogP contribution in [0.5, 0.6) is 17.2 Å². The van der Waals surface area contributed by atoms with Crippen molar-refractivity contribution in [2.75, 3.05) is 0 Å². The third-order valence-corrected chi connectivity index (χ3v) is 6.30. The number of aromatic nitrogens is 4. The number of aromatic hydroxyl groups is 1. The molecule has 5 rings (SSSR count). The molecule has 2 aromatic heterocycles. The molecule has 1 N–H and O–H groups in total. The van der Waals surface area contributed by atoms with E-state index in [0.717, 1.165) is 14.5 Å². The van der Waals surface area contributed by atoms with E-state index in [1.54, 1.807) is 18.3 Å². The Balaban J connectivity index is 1.47. The van der Waals surface area contributed by atoms with Crippen LogP contribution in [0.15, 0.2) is 72.9 Å². The van der Waals surface area contributed by atoms with Gasteiger partial charge in [0, 0.05) is 15.0 Å². The molecule has 0 atom stereocenters. The lowest BCUT2D eigenvalue weighted by atomic mass is 10.1. The summed E-state index contributed by atoms with van der Waals surface area (Å²) in [5.41, 5.74) is 2.31. The van der Waals surface area contributed by atoms with Gasteiger partial charge >= 0.3 is 0 Å². The number of hydrogen-bond donors (Lipinski definition) is 1. The molecule has 158 valence electrons. The highest BCUT2D eigenvalue weighted by molar-refractivity contribution is 14.1. The number of fused-ring (bicyclic) bond motifs is 1. The zero-order chi connectivity index (χ0) is 22.2. The summed E-state index contributed by atoms with van der Waals surface area (Å²) in [5, 5.41) is 19.1. The van der Waals surface area contributed by atoms with Crippen LogP contribution in [0.25, 0.3) is 28.0 Å². The molecule has 32 heavy (non-hydrogen) atoms. The third-order valence-electron chi connectivity index (χ3n) is 4.76. The zero-order valence-corrected chi connectivity index (χ0v) is 19.1. The minimum Gasteiger partial charge on any atom is -0.505 e. The van der Waals surface area contributed by atoms with E-state index in [4.69, 9.17) is 16.3 Å². The van der Waals surface area contributed by atoms with Crippen molar-refractivity contribution in [3.05, 3.63) is 87.3 Å². The van der Waals surface area contributed by atoms with Gasteiger partial charge in [0.2, 0.25) is 0 Å². The number of pyridine rings is 1. The Bertz CT molecular complexity index is 1470. The summed E-state index contributed by atoms with van der Waals surface area (Å²) in [7, 11) is 0. The van der Waals surface area contributed by atoms with Gasteiger partial charge in [0.15, 0.2) is 11.6 Å². The second kappa shape index (κ2) is 8.36. The molecule has 2 heterocycles. The average Bonchev–Trinajstić information content (AvgIpc) is 3.28. The van der Waals surface area contributed by atoms with Crippen molar-refractivity contribution in [3.8, 4) is 34.3 Å². The monoisotopic (exact) mass is 558 g/mol. The van der Waals surface area contributed by atoms with Gasteiger partial charge in [-0.3, -0.25) is 0 Å². The van der Waals surface area contributed by atoms with Gasteiger partial charge in [-0.25, -0.2) is 14.1 Å². The molecule has 0 spiro atoms. The van der Waals surface area contributed by atoms with Gasteiger partial charge in [-0.15, -0.1) is 5.10 Å². The van der Waals surface area contributed by atoms with Gasteiger partial charge in [-0.2, -0.15) is 0 Å². The summed E-state index contributed by atoms with van der Waals surface area (Å²) in [5.74, 6) is 0.199. The molecule has 0 aliphatic rings. The van der Waals surface area contributed by atoms with Gasteiger partial charge in [-0.05, 0) is 77.2 Å². The molecule has 3 aromatic carbocycles. The highest BCUT2D eigenvalue weighted by Gasteiger charge is 2.12. The van der Waals surface area contributed by atoms with Crippen LogP contribution in [-0.4, -0.2) is 25.1 Å². The topological polar surface area (TPSA) is 73.1 Å². The number of nitrogens with zero attached hydrogens (tertiary/aromatic N) is 4. The maximum absolute atomic E-state index is 13.7. The minimum atomic E-state index is -0.730. The number of benzene rings is 3. The lowest BCUT2D eigenvalue weighted by Crippen LogP contribution is -1.95. The van der Waals surface area contributed by atoms with E-state index in [-0.39, 0.29) is 0 Å². The first kappa shape index (κ1) is 20.7. The van der Waals surface area contributed by atoms with Crippen LogP contribution >= 0.6 is 34.2 Å². The Hall–Kier alpha value is -3.24. The summed E-state index contributed by atoms with van der Waals surface area (Å²) in [6, 6.07) is 18.8. The highest BCUT2D eigenvalue weighted by Crippen LogP contribution is 2.32. The fourth-order valence-corrected chi connectivity index (χ4v) is 3.78. The second-order valence-corrected chi connectivity index (χ2v) is 8.45. The van der Waals surface area contributed by atoms with E-state index in [9.17, 15) is 9.50 Å². The molecule has 0 saturated carbocycles. The van der Waals surface area contributed by atoms with Crippen LogP contribution in [0.4, 0.5) is 4.39 Å². The summed E-state index contributed by atoms with van der Waals surface area (Å²) in [6.07, 6.45) is 1.65. The van der Waals surface area contributed by atoms with E-state index >= 15 is 0 Å². The molecule has 6 nitrogen and oxygen atoms in total. The molecule has 0 bridgehead atoms. The van der Waals surface area contributed by atoms with Crippen LogP contribution in [0, 0.1) is 9.39 Å². The normalized spacial score (nSPS) is 11.1. The first-order valence-corrected chi connectivity index (χ1v) is 10.9. The van der Waals surface area contributed by atoms with Crippen LogP contribution in [0.1, 0.15) is 0 Å². The minimum absolute atomic E-state index is 0.420. The van der Waals surface area contributed by atoms with Crippen molar-refractivity contribution in [1.82, 2.24) is 20.0 Å². The maximum Gasteiger partial charge on any atom is 0.166 e. The van der Waals surface area contributed by atoms with Crippen molar-refractivity contribution in [2.24, 2.45) is 0 Å². The predicted molar refractivity (Wildman–Crippen MR) is 128 cm³/mol. The second-order valence-electron chi connectivity index (χ2n) is 6.88. The van der Waals surface area contributed by atoms with Crippen LogP contribution in [0.3, 0.4) is 0 Å². The Labute approximate surface area is 200 Å². The van der Waals surface area contributed by atoms with Crippen molar-refractivity contribution < 1.29 is 14.2 Å². The fourth-order valence-electron chi connectivity index (χ4n) is 3.17. The zero-order valence-electron chi connectivity index (χ0n) is 16.2. The molecule has 0 aliphatic carbocycles. The summed E-state index contributed by atoms with van der Waals surface area (Å²) in [6.45, 7) is 0. The Kier molecular flexibility index (Phi) is 5.40. The molecule has 5 aromatic rings. The number of phenols is 1. The summed E-state index contributed by atoms with van der Waals surface area (Å²) >= 11 is 8.25. The quantitative estimate of drug-likeness (QED) is 0.259. The van der Waals surface area contributed by atoms with Crippen molar-refractivity contribution in [3.63, 3.8) is 0 Å². The highest BCUT2D eigenvalue weighted by atomic mass is 127. The number of halogens is 3. The average molecular weight is 559 g/mol. The van der Waals surface area contributed by atoms with E-state index in [1.807, 2.05) is 42.5 Å². The fraction of sp³-hybridized carbons (Fsp3) is 0. The lowest BCUT2D eigenvalue weighted by molar-refractivity contribution is 0.432. The van der Waals surface area contributed by atoms with E-state index < -0.39 is 11.6 Å². The van der Waals surface area contributed by atoms with Crippen LogP contribution in [-0.2, 0) is 0 Å². The first-order chi connectivity index (χ1) is 15.5. The number of hydrogen-bond acceptors (Lipinski definition) is 5. The van der Waals surface area contributed by atoms with Crippen molar-refractivity contribution >= 4 is 45.1 Å².